The van der Waals surface area contributed by atoms with Gasteiger partial charge >= 0.3 is 6.18 Å². The van der Waals surface area contributed by atoms with E-state index in [0.29, 0.717) is 46.4 Å². The number of methoxy groups -OCH3 is 1. The maximum absolute atomic E-state index is 12.7. The van der Waals surface area contributed by atoms with Crippen molar-refractivity contribution in [1.82, 2.24) is 29.9 Å². The summed E-state index contributed by atoms with van der Waals surface area (Å²) < 4.78 is 43.2. The second kappa shape index (κ2) is 7.50. The predicted octanol–water partition coefficient (Wildman–Crippen LogP) is 3.96. The number of pyridine rings is 2. The summed E-state index contributed by atoms with van der Waals surface area (Å²) in [6.07, 6.45) is 1.55. The summed E-state index contributed by atoms with van der Waals surface area (Å²) in [6, 6.07) is 3.44. The molecule has 0 aliphatic heterocycles. The van der Waals surface area contributed by atoms with E-state index in [1.165, 1.54) is 6.20 Å². The van der Waals surface area contributed by atoms with Crippen LogP contribution in [0, 0.1) is 6.92 Å². The molecule has 0 bridgehead atoms. The first kappa shape index (κ1) is 19.4. The summed E-state index contributed by atoms with van der Waals surface area (Å²) in [5.41, 5.74) is 2.29. The molecule has 4 aromatic rings. The molecule has 11 heteroatoms. The van der Waals surface area contributed by atoms with Crippen molar-refractivity contribution < 1.29 is 17.9 Å². The van der Waals surface area contributed by atoms with Crippen molar-refractivity contribution in [2.75, 3.05) is 12.4 Å². The Morgan fingerprint density at radius 1 is 0.967 bits per heavy atom. The molecule has 30 heavy (non-hydrogen) atoms. The normalized spacial score (nSPS) is 11.5. The van der Waals surface area contributed by atoms with Crippen molar-refractivity contribution in [3.8, 4) is 17.1 Å². The molecule has 0 saturated carbocycles. The summed E-state index contributed by atoms with van der Waals surface area (Å²) in [5.74, 6) is 0.625. The Hall–Kier alpha value is -3.89. The molecule has 0 aromatic carbocycles. The van der Waals surface area contributed by atoms with E-state index in [9.17, 15) is 13.2 Å². The van der Waals surface area contributed by atoms with E-state index in [1.54, 1.807) is 25.6 Å². The molecule has 4 aromatic heterocycles. The molecule has 0 spiro atoms. The van der Waals surface area contributed by atoms with Crippen LogP contribution >= 0.6 is 0 Å². The lowest BCUT2D eigenvalue weighted by Gasteiger charge is -2.10. The van der Waals surface area contributed by atoms with Crippen LogP contribution in [0.3, 0.4) is 0 Å². The topological polar surface area (TPSA) is 98.6 Å². The van der Waals surface area contributed by atoms with Gasteiger partial charge in [-0.2, -0.15) is 13.2 Å². The summed E-state index contributed by atoms with van der Waals surface area (Å²) in [7, 11) is 1.56. The first-order valence-electron chi connectivity index (χ1n) is 8.64. The molecule has 0 saturated heterocycles. The third kappa shape index (κ3) is 3.81. The number of fused-ring (bicyclic) bond motifs is 1. The van der Waals surface area contributed by atoms with Crippen LogP contribution in [0.25, 0.3) is 22.6 Å². The second-order valence-corrected chi connectivity index (χ2v) is 6.24. The third-order valence-corrected chi connectivity index (χ3v) is 4.20. The Morgan fingerprint density at radius 2 is 1.73 bits per heavy atom. The number of ether oxygens (including phenoxy) is 1. The lowest BCUT2D eigenvalue weighted by atomic mass is 10.1. The van der Waals surface area contributed by atoms with Crippen LogP contribution in [0.2, 0.25) is 0 Å². The minimum Gasteiger partial charge on any atom is -0.495 e. The fraction of sp³-hybridized carbons (Fsp3) is 0.158. The van der Waals surface area contributed by atoms with E-state index in [1.807, 2.05) is 13.0 Å². The van der Waals surface area contributed by atoms with Gasteiger partial charge in [0.2, 0.25) is 5.95 Å². The van der Waals surface area contributed by atoms with Crippen LogP contribution in [-0.2, 0) is 6.18 Å². The molecule has 0 radical (unpaired) electrons. The molecular formula is C19H14F3N7O. The lowest BCUT2D eigenvalue weighted by Crippen LogP contribution is -2.07. The number of halogens is 3. The van der Waals surface area contributed by atoms with Gasteiger partial charge in [-0.15, -0.1) is 0 Å². The van der Waals surface area contributed by atoms with Crippen LogP contribution in [0.5, 0.6) is 5.75 Å². The van der Waals surface area contributed by atoms with E-state index >= 15 is 0 Å². The number of alkyl halides is 3. The molecule has 0 atom stereocenters. The van der Waals surface area contributed by atoms with E-state index in [2.05, 4.69) is 35.2 Å². The smallest absolute Gasteiger partial charge is 0.419 e. The minimum absolute atomic E-state index is 0.00552. The van der Waals surface area contributed by atoms with Crippen LogP contribution in [0.4, 0.5) is 24.8 Å². The largest absolute Gasteiger partial charge is 0.495 e. The molecule has 4 rings (SSSR count). The molecule has 4 heterocycles. The number of nitrogens with zero attached hydrogens (tertiary/aromatic N) is 6. The summed E-state index contributed by atoms with van der Waals surface area (Å²) in [6.45, 7) is 1.88. The van der Waals surface area contributed by atoms with Gasteiger partial charge < -0.3 is 10.1 Å². The van der Waals surface area contributed by atoms with Crippen molar-refractivity contribution >= 4 is 22.8 Å². The zero-order valence-electron chi connectivity index (χ0n) is 15.8. The van der Waals surface area contributed by atoms with Gasteiger partial charge in [-0.1, -0.05) is 0 Å². The van der Waals surface area contributed by atoms with Gasteiger partial charge in [0.15, 0.2) is 5.65 Å². The summed E-state index contributed by atoms with van der Waals surface area (Å²) >= 11 is 0. The number of hydrogen-bond donors (Lipinski definition) is 1. The van der Waals surface area contributed by atoms with E-state index in [4.69, 9.17) is 4.74 Å². The zero-order valence-corrected chi connectivity index (χ0v) is 15.8. The standard InChI is InChI=1S/C19H14F3N7O/c1-10-5-12(30-2)8-24-15(10)14-9-25-16-13(3-4-23-17(16)28-14)29-18-26-6-11(7-27-18)19(20,21)22/h3-9H,1-2H3,(H,23,26,27,28,29). The number of anilines is 2. The van der Waals surface area contributed by atoms with Gasteiger partial charge in [0.25, 0.3) is 0 Å². The molecule has 0 aliphatic carbocycles. The molecule has 0 unspecified atom stereocenters. The van der Waals surface area contributed by atoms with Gasteiger partial charge in [0, 0.05) is 18.6 Å². The number of nitrogens with one attached hydrogen (secondary N) is 1. The van der Waals surface area contributed by atoms with Gasteiger partial charge in [-0.3, -0.25) is 4.98 Å². The van der Waals surface area contributed by atoms with Crippen molar-refractivity contribution in [3.05, 3.63) is 54.2 Å². The Balaban J connectivity index is 1.66. The van der Waals surface area contributed by atoms with Crippen molar-refractivity contribution in [2.45, 2.75) is 13.1 Å². The van der Waals surface area contributed by atoms with Crippen LogP contribution in [-0.4, -0.2) is 37.0 Å². The molecular weight excluding hydrogens is 399 g/mol. The van der Waals surface area contributed by atoms with Crippen molar-refractivity contribution in [3.63, 3.8) is 0 Å². The zero-order chi connectivity index (χ0) is 21.3. The first-order valence-corrected chi connectivity index (χ1v) is 8.64. The molecule has 8 nitrogen and oxygen atoms in total. The van der Waals surface area contributed by atoms with Crippen molar-refractivity contribution in [2.24, 2.45) is 0 Å². The summed E-state index contributed by atoms with van der Waals surface area (Å²) in [4.78, 5) is 24.9. The minimum atomic E-state index is -4.50. The maximum atomic E-state index is 12.7. The Bertz CT molecular complexity index is 1210. The third-order valence-electron chi connectivity index (χ3n) is 4.20. The molecule has 0 aliphatic rings. The molecule has 152 valence electrons. The van der Waals surface area contributed by atoms with Crippen LogP contribution in [0.15, 0.2) is 43.1 Å². The number of hydrogen-bond acceptors (Lipinski definition) is 8. The lowest BCUT2D eigenvalue weighted by molar-refractivity contribution is -0.138. The van der Waals surface area contributed by atoms with Crippen LogP contribution in [0.1, 0.15) is 11.1 Å². The molecule has 0 fully saturated rings. The van der Waals surface area contributed by atoms with Gasteiger partial charge in [0.05, 0.1) is 36.4 Å². The average Bonchev–Trinajstić information content (AvgIpc) is 2.73. The van der Waals surface area contributed by atoms with Gasteiger partial charge in [0.1, 0.15) is 17.0 Å². The fourth-order valence-electron chi connectivity index (χ4n) is 2.72. The molecule has 1 N–H and O–H groups in total. The van der Waals surface area contributed by atoms with E-state index < -0.39 is 11.7 Å². The molecule has 0 amide bonds. The van der Waals surface area contributed by atoms with Crippen LogP contribution < -0.4 is 10.1 Å². The first-order chi connectivity index (χ1) is 14.3. The number of rotatable bonds is 4. The van der Waals surface area contributed by atoms with Gasteiger partial charge in [-0.25, -0.2) is 24.9 Å². The SMILES string of the molecule is COc1cnc(-c2cnc3c(Nc4ncc(C(F)(F)F)cn4)ccnc3n2)c(C)c1. The summed E-state index contributed by atoms with van der Waals surface area (Å²) in [5, 5.41) is 2.85. The Morgan fingerprint density at radius 3 is 2.40 bits per heavy atom. The van der Waals surface area contributed by atoms with Crippen molar-refractivity contribution in [1.29, 1.82) is 0 Å². The monoisotopic (exact) mass is 413 g/mol. The second-order valence-electron chi connectivity index (χ2n) is 6.24. The van der Waals surface area contributed by atoms with E-state index in [0.717, 1.165) is 5.56 Å². The highest BCUT2D eigenvalue weighted by Gasteiger charge is 2.31. The predicted molar refractivity (Wildman–Crippen MR) is 102 cm³/mol. The highest BCUT2D eigenvalue weighted by molar-refractivity contribution is 5.87. The number of aromatic nitrogens is 6. The average molecular weight is 413 g/mol. The quantitative estimate of drug-likeness (QED) is 0.537. The highest BCUT2D eigenvalue weighted by Crippen LogP contribution is 2.29. The Kier molecular flexibility index (Phi) is 4.86. The van der Waals surface area contributed by atoms with E-state index in [-0.39, 0.29) is 5.95 Å². The highest BCUT2D eigenvalue weighted by atomic mass is 19.4. The maximum Gasteiger partial charge on any atom is 0.419 e. The Labute approximate surface area is 168 Å². The van der Waals surface area contributed by atoms with Gasteiger partial charge in [-0.05, 0) is 24.6 Å². The fourth-order valence-corrected chi connectivity index (χ4v) is 2.72. The number of aryl methyl sites for hydroxylation is 1.